The van der Waals surface area contributed by atoms with Crippen LogP contribution in [0.15, 0.2) is 73.1 Å². The van der Waals surface area contributed by atoms with Crippen molar-refractivity contribution in [3.05, 3.63) is 95.3 Å². The third-order valence-electron chi connectivity index (χ3n) is 5.32. The summed E-state index contributed by atoms with van der Waals surface area (Å²) in [5.74, 6) is 0.304. The molecule has 6 heteroatoms. The number of pyridine rings is 1. The third kappa shape index (κ3) is 4.70. The van der Waals surface area contributed by atoms with E-state index in [4.69, 9.17) is 4.74 Å². The Morgan fingerprint density at radius 2 is 1.91 bits per heavy atom. The van der Waals surface area contributed by atoms with E-state index in [0.717, 1.165) is 29.0 Å². The second-order valence-electron chi connectivity index (χ2n) is 8.41. The zero-order valence-electron chi connectivity index (χ0n) is 18.3. The predicted octanol–water partition coefficient (Wildman–Crippen LogP) is 4.49. The van der Waals surface area contributed by atoms with Gasteiger partial charge < -0.3 is 15.4 Å². The second-order valence-corrected chi connectivity index (χ2v) is 8.41. The lowest BCUT2D eigenvalue weighted by Gasteiger charge is -2.35. The van der Waals surface area contributed by atoms with E-state index in [9.17, 15) is 9.59 Å². The number of anilines is 1. The number of nitrogens with zero attached hydrogens (tertiary/aromatic N) is 1. The van der Waals surface area contributed by atoms with Crippen LogP contribution >= 0.6 is 0 Å². The lowest BCUT2D eigenvalue weighted by atomic mass is 9.85. The minimum atomic E-state index is -0.280. The van der Waals surface area contributed by atoms with Gasteiger partial charge in [0.25, 0.3) is 5.91 Å². The van der Waals surface area contributed by atoms with Crippen molar-refractivity contribution < 1.29 is 14.3 Å². The van der Waals surface area contributed by atoms with Gasteiger partial charge in [-0.05, 0) is 62.2 Å². The van der Waals surface area contributed by atoms with Crippen LogP contribution in [0.4, 0.5) is 5.69 Å². The topological polar surface area (TPSA) is 80.3 Å². The van der Waals surface area contributed by atoms with Gasteiger partial charge in [-0.15, -0.1) is 0 Å². The Balaban J connectivity index is 1.61. The number of methoxy groups -OCH3 is 1. The Morgan fingerprint density at radius 3 is 2.66 bits per heavy atom. The maximum absolute atomic E-state index is 13.1. The summed E-state index contributed by atoms with van der Waals surface area (Å²) in [4.78, 5) is 29.5. The predicted molar refractivity (Wildman–Crippen MR) is 125 cm³/mol. The fourth-order valence-electron chi connectivity index (χ4n) is 3.82. The average Bonchev–Trinajstić information content (AvgIpc) is 2.79. The van der Waals surface area contributed by atoms with Gasteiger partial charge in [0.05, 0.1) is 12.7 Å². The summed E-state index contributed by atoms with van der Waals surface area (Å²) in [6.07, 6.45) is 5.56. The molecule has 0 spiro atoms. The van der Waals surface area contributed by atoms with Gasteiger partial charge in [0.1, 0.15) is 5.75 Å². The zero-order chi connectivity index (χ0) is 22.7. The Labute approximate surface area is 187 Å². The van der Waals surface area contributed by atoms with Crippen LogP contribution in [0.5, 0.6) is 5.75 Å². The quantitative estimate of drug-likeness (QED) is 0.463. The molecule has 0 fully saturated rings. The summed E-state index contributed by atoms with van der Waals surface area (Å²) in [5, 5.41) is 6.29. The van der Waals surface area contributed by atoms with Gasteiger partial charge in [0.15, 0.2) is 5.78 Å². The molecule has 0 saturated heterocycles. The van der Waals surface area contributed by atoms with Crippen molar-refractivity contribution in [1.82, 2.24) is 10.3 Å². The maximum Gasteiger partial charge on any atom is 0.257 e. The first-order valence-electron chi connectivity index (χ1n) is 10.4. The van der Waals surface area contributed by atoms with Crippen molar-refractivity contribution in [3.8, 4) is 5.75 Å². The summed E-state index contributed by atoms with van der Waals surface area (Å²) in [6.45, 7) is 4.21. The second kappa shape index (κ2) is 8.67. The van der Waals surface area contributed by atoms with Gasteiger partial charge in [-0.1, -0.05) is 18.2 Å². The highest BCUT2D eigenvalue weighted by atomic mass is 16.5. The molecule has 0 radical (unpaired) electrons. The van der Waals surface area contributed by atoms with Gasteiger partial charge in [-0.25, -0.2) is 0 Å². The molecule has 1 aliphatic heterocycles. The molecule has 32 heavy (non-hydrogen) atoms. The number of allylic oxidation sites excluding steroid dienone is 1. The molecule has 0 bridgehead atoms. The molecule has 1 amide bonds. The molecule has 6 nitrogen and oxygen atoms in total. The van der Waals surface area contributed by atoms with Crippen LogP contribution in [-0.2, 0) is 6.42 Å². The van der Waals surface area contributed by atoms with Gasteiger partial charge in [-0.3, -0.25) is 14.6 Å². The van der Waals surface area contributed by atoms with E-state index in [-0.39, 0.29) is 17.2 Å². The number of hydrogen-bond acceptors (Lipinski definition) is 5. The highest BCUT2D eigenvalue weighted by molar-refractivity contribution is 6.10. The normalized spacial score (nSPS) is 15.4. The number of nitrogens with one attached hydrogen (secondary N) is 2. The minimum absolute atomic E-state index is 0.156. The third-order valence-corrected chi connectivity index (χ3v) is 5.32. The monoisotopic (exact) mass is 427 g/mol. The minimum Gasteiger partial charge on any atom is -0.497 e. The van der Waals surface area contributed by atoms with Crippen molar-refractivity contribution in [2.75, 3.05) is 12.4 Å². The molecule has 2 aromatic carbocycles. The summed E-state index contributed by atoms with van der Waals surface area (Å²) in [7, 11) is 1.63. The van der Waals surface area contributed by atoms with Crippen molar-refractivity contribution in [2.24, 2.45) is 0 Å². The van der Waals surface area contributed by atoms with Crippen molar-refractivity contribution >= 4 is 23.1 Å². The number of benzene rings is 2. The standard InChI is InChI=1S/C26H25N3O3/c1-26(2)15-18-9-10-21(32-3)13-22(18)23(29-26)14-24(30)17-6-4-8-20(12-17)28-25(31)19-7-5-11-27-16-19/h4-14,16,29H,15H2,1-3H3,(H,28,31)/b23-14-. The number of amides is 1. The largest absolute Gasteiger partial charge is 0.497 e. The lowest BCUT2D eigenvalue weighted by molar-refractivity contribution is 0.102. The first-order chi connectivity index (χ1) is 15.3. The fourth-order valence-corrected chi connectivity index (χ4v) is 3.82. The van der Waals surface area contributed by atoms with E-state index in [1.165, 1.54) is 6.20 Å². The lowest BCUT2D eigenvalue weighted by Crippen LogP contribution is -2.43. The molecule has 2 heterocycles. The van der Waals surface area contributed by atoms with Crippen LogP contribution < -0.4 is 15.4 Å². The van der Waals surface area contributed by atoms with E-state index in [2.05, 4.69) is 29.5 Å². The Morgan fingerprint density at radius 1 is 1.09 bits per heavy atom. The molecule has 4 rings (SSSR count). The van der Waals surface area contributed by atoms with Gasteiger partial charge >= 0.3 is 0 Å². The summed E-state index contributed by atoms with van der Waals surface area (Å²) < 4.78 is 5.37. The number of aromatic nitrogens is 1. The SMILES string of the molecule is COc1ccc2c(c1)/C(=C/C(=O)c1cccc(NC(=O)c3cccnc3)c1)NC(C)(C)C2. The van der Waals surface area contributed by atoms with Gasteiger partial charge in [-0.2, -0.15) is 0 Å². The highest BCUT2D eigenvalue weighted by Crippen LogP contribution is 2.32. The van der Waals surface area contributed by atoms with Crippen LogP contribution in [0.3, 0.4) is 0 Å². The molecule has 1 aliphatic rings. The van der Waals surface area contributed by atoms with E-state index < -0.39 is 0 Å². The van der Waals surface area contributed by atoms with Crippen molar-refractivity contribution in [3.63, 3.8) is 0 Å². The number of rotatable bonds is 5. The summed E-state index contributed by atoms with van der Waals surface area (Å²) >= 11 is 0. The molecule has 3 aromatic rings. The van der Waals surface area contributed by atoms with Crippen LogP contribution in [0.2, 0.25) is 0 Å². The molecule has 0 atom stereocenters. The Hall–Kier alpha value is -3.93. The number of carbonyl (C=O) groups is 2. The number of fused-ring (bicyclic) bond motifs is 1. The molecule has 0 saturated carbocycles. The summed E-state index contributed by atoms with van der Waals surface area (Å²) in [5.41, 5.74) is 4.16. The molecule has 1 aromatic heterocycles. The molecule has 0 aliphatic carbocycles. The molecule has 0 unspecified atom stereocenters. The molecule has 162 valence electrons. The van der Waals surface area contributed by atoms with Crippen molar-refractivity contribution in [1.29, 1.82) is 0 Å². The van der Waals surface area contributed by atoms with E-state index in [1.54, 1.807) is 55.8 Å². The Kier molecular flexibility index (Phi) is 5.77. The highest BCUT2D eigenvalue weighted by Gasteiger charge is 2.28. The van der Waals surface area contributed by atoms with Gasteiger partial charge in [0, 0.05) is 46.5 Å². The first-order valence-corrected chi connectivity index (χ1v) is 10.4. The van der Waals surface area contributed by atoms with E-state index in [1.807, 2.05) is 18.2 Å². The molecule has 2 N–H and O–H groups in total. The number of ether oxygens (including phenoxy) is 1. The molecular formula is C26H25N3O3. The van der Waals surface area contributed by atoms with Crippen LogP contribution in [0.1, 0.15) is 45.7 Å². The van der Waals surface area contributed by atoms with Crippen LogP contribution in [-0.4, -0.2) is 29.3 Å². The average molecular weight is 428 g/mol. The van der Waals surface area contributed by atoms with E-state index in [0.29, 0.717) is 16.8 Å². The number of ketones is 1. The fraction of sp³-hybridized carbons (Fsp3) is 0.192. The maximum atomic E-state index is 13.1. The van der Waals surface area contributed by atoms with E-state index >= 15 is 0 Å². The first kappa shape index (κ1) is 21.3. The summed E-state index contributed by atoms with van der Waals surface area (Å²) in [6, 6.07) is 16.2. The zero-order valence-corrected chi connectivity index (χ0v) is 18.3. The van der Waals surface area contributed by atoms with Crippen LogP contribution in [0, 0.1) is 0 Å². The smallest absolute Gasteiger partial charge is 0.257 e. The molecular weight excluding hydrogens is 402 g/mol. The van der Waals surface area contributed by atoms with Gasteiger partial charge in [0.2, 0.25) is 0 Å². The number of hydrogen-bond donors (Lipinski definition) is 2. The Bertz CT molecular complexity index is 1200. The van der Waals surface area contributed by atoms with Crippen molar-refractivity contribution in [2.45, 2.75) is 25.8 Å². The number of carbonyl (C=O) groups excluding carboxylic acids is 2. The van der Waals surface area contributed by atoms with Crippen LogP contribution in [0.25, 0.3) is 5.70 Å².